The summed E-state index contributed by atoms with van der Waals surface area (Å²) in [5.74, 6) is -2.08. The molecular weight excluding hydrogens is 456 g/mol. The molecule has 2 saturated carbocycles. The molecule has 2 aliphatic carbocycles. The van der Waals surface area contributed by atoms with E-state index in [1.165, 1.54) is 0 Å². The summed E-state index contributed by atoms with van der Waals surface area (Å²) >= 11 is 5.93. The highest BCUT2D eigenvalue weighted by molar-refractivity contribution is 6.30. The zero-order chi connectivity index (χ0) is 23.8. The van der Waals surface area contributed by atoms with Crippen LogP contribution in [-0.2, 0) is 30.3 Å². The summed E-state index contributed by atoms with van der Waals surface area (Å²) < 4.78 is 5.31. The van der Waals surface area contributed by atoms with Gasteiger partial charge in [-0.1, -0.05) is 48.0 Å². The van der Waals surface area contributed by atoms with Crippen molar-refractivity contribution in [1.29, 1.82) is 0 Å². The lowest BCUT2D eigenvalue weighted by Gasteiger charge is -2.26. The average Bonchev–Trinajstić information content (AvgIpc) is 3.51. The summed E-state index contributed by atoms with van der Waals surface area (Å²) in [5.41, 5.74) is 1.27. The minimum absolute atomic E-state index is 0.141. The molecule has 2 aromatic carbocycles. The van der Waals surface area contributed by atoms with Crippen LogP contribution in [0.5, 0.6) is 0 Å². The van der Waals surface area contributed by atoms with Crippen LogP contribution in [0.2, 0.25) is 5.02 Å². The molecule has 2 aromatic rings. The highest BCUT2D eigenvalue weighted by Gasteiger charge is 2.62. The van der Waals surface area contributed by atoms with Crippen molar-refractivity contribution in [3.63, 3.8) is 0 Å². The number of benzene rings is 2. The quantitative estimate of drug-likeness (QED) is 0.484. The molecular formula is C26H25ClN2O5. The number of halogens is 1. The number of amides is 3. The molecule has 3 amide bonds. The maximum Gasteiger partial charge on any atom is 0.330 e. The summed E-state index contributed by atoms with van der Waals surface area (Å²) in [6, 6.07) is 14.7. The van der Waals surface area contributed by atoms with Gasteiger partial charge in [0.05, 0.1) is 11.8 Å². The lowest BCUT2D eigenvalue weighted by atomic mass is 9.81. The highest BCUT2D eigenvalue weighted by atomic mass is 35.5. The van der Waals surface area contributed by atoms with Gasteiger partial charge in [0.25, 0.3) is 5.91 Å². The first kappa shape index (κ1) is 22.6. The van der Waals surface area contributed by atoms with Gasteiger partial charge in [0.2, 0.25) is 11.8 Å². The molecule has 0 radical (unpaired) electrons. The Labute approximate surface area is 202 Å². The van der Waals surface area contributed by atoms with E-state index in [4.69, 9.17) is 16.3 Å². The predicted molar refractivity (Wildman–Crippen MR) is 125 cm³/mol. The monoisotopic (exact) mass is 480 g/mol. The maximum atomic E-state index is 13.3. The van der Waals surface area contributed by atoms with Gasteiger partial charge >= 0.3 is 5.97 Å². The summed E-state index contributed by atoms with van der Waals surface area (Å²) in [7, 11) is 0. The molecule has 5 atom stereocenters. The number of fused-ring (bicyclic) bond motifs is 5. The molecule has 0 aromatic heterocycles. The molecule has 1 heterocycles. The number of carbonyl (C=O) groups excluding carboxylic acids is 4. The molecule has 1 aliphatic heterocycles. The molecule has 176 valence electrons. The van der Waals surface area contributed by atoms with Crippen molar-refractivity contribution >= 4 is 41.0 Å². The van der Waals surface area contributed by atoms with Gasteiger partial charge in [-0.25, -0.2) is 4.79 Å². The van der Waals surface area contributed by atoms with Crippen LogP contribution in [0.1, 0.15) is 24.8 Å². The van der Waals surface area contributed by atoms with Crippen LogP contribution in [0.15, 0.2) is 54.6 Å². The molecule has 5 rings (SSSR count). The summed E-state index contributed by atoms with van der Waals surface area (Å²) in [5, 5.41) is 3.08. The lowest BCUT2D eigenvalue weighted by Crippen LogP contribution is -2.48. The Hall–Kier alpha value is -3.19. The molecule has 3 fully saturated rings. The number of ether oxygens (including phenoxy) is 1. The van der Waals surface area contributed by atoms with Crippen LogP contribution >= 0.6 is 11.6 Å². The van der Waals surface area contributed by atoms with Gasteiger partial charge < -0.3 is 10.1 Å². The number of hydrogen-bond donors (Lipinski definition) is 1. The van der Waals surface area contributed by atoms with E-state index in [9.17, 15) is 19.2 Å². The first-order valence-electron chi connectivity index (χ1n) is 11.6. The Morgan fingerprint density at radius 3 is 2.32 bits per heavy atom. The number of nitrogens with one attached hydrogen (secondary N) is 1. The third kappa shape index (κ3) is 4.20. The van der Waals surface area contributed by atoms with Crippen LogP contribution < -0.4 is 5.32 Å². The Morgan fingerprint density at radius 1 is 1.00 bits per heavy atom. The zero-order valence-corrected chi connectivity index (χ0v) is 19.2. The minimum atomic E-state index is -1.11. The number of rotatable bonds is 7. The van der Waals surface area contributed by atoms with Crippen molar-refractivity contribution in [1.82, 2.24) is 4.90 Å². The Morgan fingerprint density at radius 2 is 1.68 bits per heavy atom. The van der Waals surface area contributed by atoms with Gasteiger partial charge in [0, 0.05) is 17.1 Å². The standard InChI is InChI=1S/C26H25ClN2O5/c27-18-7-4-8-19(13-18)28-21(30)14-34-26(33)20(11-15-5-2-1-3-6-15)29-24(31)22-16-9-10-17(12-16)23(22)25(29)32/h1-8,13,16-17,20,22-23H,9-12,14H2,(H,28,30)/t16-,17-,20+,22-,23+/m0/s1. The fraction of sp³-hybridized carbons (Fsp3) is 0.385. The van der Waals surface area contributed by atoms with Crippen LogP contribution in [0.3, 0.4) is 0 Å². The molecule has 0 spiro atoms. The molecule has 1 saturated heterocycles. The molecule has 8 heteroatoms. The summed E-state index contributed by atoms with van der Waals surface area (Å²) in [6.07, 6.45) is 2.96. The van der Waals surface area contributed by atoms with E-state index in [-0.39, 0.29) is 41.9 Å². The van der Waals surface area contributed by atoms with Gasteiger partial charge in [-0.15, -0.1) is 0 Å². The fourth-order valence-corrected chi connectivity index (χ4v) is 6.04. The van der Waals surface area contributed by atoms with Crippen molar-refractivity contribution in [2.75, 3.05) is 11.9 Å². The van der Waals surface area contributed by atoms with Crippen molar-refractivity contribution in [2.45, 2.75) is 31.7 Å². The number of nitrogens with zero attached hydrogens (tertiary/aromatic N) is 1. The second kappa shape index (κ2) is 9.22. The van der Waals surface area contributed by atoms with Crippen molar-refractivity contribution < 1.29 is 23.9 Å². The minimum Gasteiger partial charge on any atom is -0.454 e. The van der Waals surface area contributed by atoms with Gasteiger partial charge in [-0.3, -0.25) is 19.3 Å². The Bertz CT molecular complexity index is 1110. The third-order valence-electron chi connectivity index (χ3n) is 7.27. The summed E-state index contributed by atoms with van der Waals surface area (Å²) in [4.78, 5) is 53.3. The van der Waals surface area contributed by atoms with Gasteiger partial charge in [-0.05, 0) is 54.9 Å². The van der Waals surface area contributed by atoms with E-state index in [1.54, 1.807) is 24.3 Å². The third-order valence-corrected chi connectivity index (χ3v) is 7.51. The van der Waals surface area contributed by atoms with Gasteiger partial charge in [0.1, 0.15) is 6.04 Å². The molecule has 34 heavy (non-hydrogen) atoms. The van der Waals surface area contributed by atoms with E-state index in [1.807, 2.05) is 30.3 Å². The fourth-order valence-electron chi connectivity index (χ4n) is 5.85. The van der Waals surface area contributed by atoms with Gasteiger partial charge in [-0.2, -0.15) is 0 Å². The number of anilines is 1. The second-order valence-electron chi connectivity index (χ2n) is 9.30. The van der Waals surface area contributed by atoms with Crippen LogP contribution in [0, 0.1) is 23.7 Å². The first-order valence-corrected chi connectivity index (χ1v) is 11.9. The van der Waals surface area contributed by atoms with Gasteiger partial charge in [0.15, 0.2) is 6.61 Å². The van der Waals surface area contributed by atoms with Crippen LogP contribution in [0.25, 0.3) is 0 Å². The van der Waals surface area contributed by atoms with Crippen LogP contribution in [-0.4, -0.2) is 41.2 Å². The van der Waals surface area contributed by atoms with E-state index < -0.39 is 24.5 Å². The molecule has 2 bridgehead atoms. The Balaban J connectivity index is 1.32. The van der Waals surface area contributed by atoms with E-state index in [0.717, 1.165) is 29.7 Å². The van der Waals surface area contributed by atoms with Crippen molar-refractivity contribution in [2.24, 2.45) is 23.7 Å². The Kier molecular flexibility index (Phi) is 6.13. The SMILES string of the molecule is O=C(COC(=O)[C@@H](Cc1ccccc1)N1C(=O)[C@@H]2[C@H]3CC[C@@H](C3)[C@@H]2C1=O)Nc1cccc(Cl)c1. The molecule has 1 N–H and O–H groups in total. The smallest absolute Gasteiger partial charge is 0.330 e. The lowest BCUT2D eigenvalue weighted by molar-refractivity contribution is -0.160. The molecule has 7 nitrogen and oxygen atoms in total. The largest absolute Gasteiger partial charge is 0.454 e. The topological polar surface area (TPSA) is 92.8 Å². The summed E-state index contributed by atoms with van der Waals surface area (Å²) in [6.45, 7) is -0.537. The molecule has 3 aliphatic rings. The number of carbonyl (C=O) groups is 4. The number of imide groups is 1. The van der Waals surface area contributed by atoms with E-state index >= 15 is 0 Å². The van der Waals surface area contributed by atoms with Crippen molar-refractivity contribution in [3.8, 4) is 0 Å². The van der Waals surface area contributed by atoms with Crippen LogP contribution in [0.4, 0.5) is 5.69 Å². The predicted octanol–water partition coefficient (Wildman–Crippen LogP) is 3.46. The number of esters is 1. The number of hydrogen-bond acceptors (Lipinski definition) is 5. The first-order chi connectivity index (χ1) is 16.4. The normalized spacial score (nSPS) is 25.9. The van der Waals surface area contributed by atoms with E-state index in [0.29, 0.717) is 10.7 Å². The van der Waals surface area contributed by atoms with Crippen molar-refractivity contribution in [3.05, 3.63) is 65.2 Å². The second-order valence-corrected chi connectivity index (χ2v) is 9.74. The maximum absolute atomic E-state index is 13.3. The molecule has 0 unspecified atom stereocenters. The number of likely N-dealkylation sites (tertiary alicyclic amines) is 1. The highest BCUT2D eigenvalue weighted by Crippen LogP contribution is 2.56. The van der Waals surface area contributed by atoms with E-state index in [2.05, 4.69) is 5.32 Å². The average molecular weight is 481 g/mol. The zero-order valence-electron chi connectivity index (χ0n) is 18.5.